The lowest BCUT2D eigenvalue weighted by molar-refractivity contribution is -0.149. The molecular weight excluding hydrogens is 408 g/mol. The Morgan fingerprint density at radius 3 is 2.23 bits per heavy atom. The fourth-order valence-corrected chi connectivity index (χ4v) is 4.05. The van der Waals surface area contributed by atoms with Gasteiger partial charge in [0, 0.05) is 38.1 Å². The first-order valence-corrected chi connectivity index (χ1v) is 10.5. The molecular formula is C22H29F2N3O4. The molecule has 2 saturated heterocycles. The van der Waals surface area contributed by atoms with E-state index in [0.717, 1.165) is 6.42 Å². The zero-order valence-corrected chi connectivity index (χ0v) is 18.1. The number of likely N-dealkylation sites (tertiary alicyclic amines) is 1. The summed E-state index contributed by atoms with van der Waals surface area (Å²) in [5.74, 6) is -0.700. The lowest BCUT2D eigenvalue weighted by Crippen LogP contribution is -2.56. The first-order valence-electron chi connectivity index (χ1n) is 10.5. The van der Waals surface area contributed by atoms with Crippen LogP contribution in [0.4, 0.5) is 8.78 Å². The second-order valence-corrected chi connectivity index (χ2v) is 8.90. The molecule has 170 valence electrons. The molecule has 31 heavy (non-hydrogen) atoms. The van der Waals surface area contributed by atoms with Crippen LogP contribution in [0.1, 0.15) is 44.0 Å². The Balaban J connectivity index is 1.63. The van der Waals surface area contributed by atoms with E-state index in [1.165, 1.54) is 23.1 Å². The van der Waals surface area contributed by atoms with Crippen molar-refractivity contribution in [3.63, 3.8) is 0 Å². The molecule has 2 heterocycles. The molecule has 3 amide bonds. The number of carbonyl (C=O) groups excluding carboxylic acids is 3. The summed E-state index contributed by atoms with van der Waals surface area (Å²) in [6, 6.07) is 5.43. The lowest BCUT2D eigenvalue weighted by Gasteiger charge is -2.38. The Bertz CT molecular complexity index is 832. The van der Waals surface area contributed by atoms with Crippen LogP contribution in [0.25, 0.3) is 0 Å². The maximum Gasteiger partial charge on any atom is 0.387 e. The van der Waals surface area contributed by atoms with Crippen LogP contribution in [0.15, 0.2) is 24.3 Å². The van der Waals surface area contributed by atoms with Gasteiger partial charge in [-0.05, 0) is 25.0 Å². The molecule has 0 spiro atoms. The number of piperazine rings is 1. The van der Waals surface area contributed by atoms with Crippen LogP contribution in [0.3, 0.4) is 0 Å². The van der Waals surface area contributed by atoms with E-state index in [9.17, 15) is 23.2 Å². The summed E-state index contributed by atoms with van der Waals surface area (Å²) in [7, 11) is 0. The number of hydrogen-bond acceptors (Lipinski definition) is 4. The van der Waals surface area contributed by atoms with Gasteiger partial charge in [0.15, 0.2) is 0 Å². The summed E-state index contributed by atoms with van der Waals surface area (Å²) in [5.41, 5.74) is -0.484. The quantitative estimate of drug-likeness (QED) is 0.726. The van der Waals surface area contributed by atoms with E-state index in [2.05, 4.69) is 4.74 Å². The maximum atomic E-state index is 13.1. The molecule has 1 atom stereocenters. The summed E-state index contributed by atoms with van der Waals surface area (Å²) >= 11 is 0. The molecule has 2 aliphatic rings. The van der Waals surface area contributed by atoms with Crippen molar-refractivity contribution in [1.29, 1.82) is 0 Å². The maximum absolute atomic E-state index is 13.1. The van der Waals surface area contributed by atoms with E-state index in [1.54, 1.807) is 15.9 Å². The van der Waals surface area contributed by atoms with E-state index in [4.69, 9.17) is 0 Å². The van der Waals surface area contributed by atoms with Crippen LogP contribution in [0.5, 0.6) is 5.75 Å². The zero-order chi connectivity index (χ0) is 22.8. The number of benzene rings is 1. The van der Waals surface area contributed by atoms with E-state index >= 15 is 0 Å². The Morgan fingerprint density at radius 2 is 1.61 bits per heavy atom. The Labute approximate surface area is 180 Å². The number of nitrogens with zero attached hydrogens (tertiary/aromatic N) is 3. The van der Waals surface area contributed by atoms with Crippen LogP contribution in [0.2, 0.25) is 0 Å². The summed E-state index contributed by atoms with van der Waals surface area (Å²) in [6.45, 7) is 4.31. The van der Waals surface area contributed by atoms with Crippen molar-refractivity contribution in [3.8, 4) is 5.75 Å². The number of amides is 3. The molecule has 9 heteroatoms. The molecule has 1 aromatic carbocycles. The molecule has 1 unspecified atom stereocenters. The van der Waals surface area contributed by atoms with Gasteiger partial charge in [0.05, 0.1) is 5.56 Å². The van der Waals surface area contributed by atoms with Gasteiger partial charge in [0.2, 0.25) is 11.8 Å². The number of rotatable bonds is 4. The second kappa shape index (κ2) is 9.20. The Kier molecular flexibility index (Phi) is 6.81. The molecule has 2 fully saturated rings. The van der Waals surface area contributed by atoms with Gasteiger partial charge in [0.25, 0.3) is 5.91 Å². The minimum Gasteiger partial charge on any atom is -0.434 e. The molecule has 3 rings (SSSR count). The normalized spacial score (nSPS) is 19.7. The topological polar surface area (TPSA) is 70.2 Å². The highest BCUT2D eigenvalue weighted by Gasteiger charge is 2.41. The zero-order valence-electron chi connectivity index (χ0n) is 18.1. The monoisotopic (exact) mass is 437 g/mol. The van der Waals surface area contributed by atoms with Gasteiger partial charge >= 0.3 is 6.61 Å². The Morgan fingerprint density at radius 1 is 1.00 bits per heavy atom. The molecule has 0 aromatic heterocycles. The van der Waals surface area contributed by atoms with Crippen molar-refractivity contribution in [3.05, 3.63) is 29.8 Å². The average molecular weight is 437 g/mol. The van der Waals surface area contributed by atoms with E-state index in [-0.39, 0.29) is 36.2 Å². The third-order valence-corrected chi connectivity index (χ3v) is 5.65. The average Bonchev–Trinajstić information content (AvgIpc) is 3.21. The lowest BCUT2D eigenvalue weighted by atomic mass is 9.94. The van der Waals surface area contributed by atoms with Gasteiger partial charge in [0.1, 0.15) is 11.8 Å². The van der Waals surface area contributed by atoms with E-state index < -0.39 is 24.0 Å². The molecule has 1 aromatic rings. The minimum absolute atomic E-state index is 0.0344. The number of ether oxygens (including phenoxy) is 1. The van der Waals surface area contributed by atoms with Crippen molar-refractivity contribution >= 4 is 17.7 Å². The van der Waals surface area contributed by atoms with Crippen LogP contribution in [-0.2, 0) is 9.59 Å². The molecule has 0 aliphatic carbocycles. The second-order valence-electron chi connectivity index (χ2n) is 8.90. The predicted octanol–water partition coefficient (Wildman–Crippen LogP) is 2.61. The number of hydrogen-bond donors (Lipinski definition) is 0. The summed E-state index contributed by atoms with van der Waals surface area (Å²) < 4.78 is 29.7. The third kappa shape index (κ3) is 5.14. The van der Waals surface area contributed by atoms with Gasteiger partial charge in [-0.15, -0.1) is 0 Å². The van der Waals surface area contributed by atoms with Gasteiger partial charge in [-0.25, -0.2) is 0 Å². The summed E-state index contributed by atoms with van der Waals surface area (Å²) in [5, 5.41) is 0. The fourth-order valence-electron chi connectivity index (χ4n) is 4.05. The molecule has 0 saturated carbocycles. The van der Waals surface area contributed by atoms with Crippen molar-refractivity contribution < 1.29 is 27.9 Å². The fraction of sp³-hybridized carbons (Fsp3) is 0.591. The highest BCUT2D eigenvalue weighted by atomic mass is 19.3. The van der Waals surface area contributed by atoms with Crippen molar-refractivity contribution in [2.45, 2.75) is 46.3 Å². The molecule has 2 aliphatic heterocycles. The standard InChI is InChI=1S/C22H29F2N3O4/c1-22(2,3)20(30)27-10-6-8-16(27)19(29)26-13-11-25(12-14-26)18(28)15-7-4-5-9-17(15)31-21(23)24/h4-5,7,9,16,21H,6,8,10-14H2,1-3H3. The van der Waals surface area contributed by atoms with Crippen molar-refractivity contribution in [1.82, 2.24) is 14.7 Å². The first kappa shape index (κ1) is 23.0. The summed E-state index contributed by atoms with van der Waals surface area (Å²) in [4.78, 5) is 43.5. The SMILES string of the molecule is CC(C)(C)C(=O)N1CCCC1C(=O)N1CCN(C(=O)c2ccccc2OC(F)F)CC1. The first-order chi connectivity index (χ1) is 14.6. The number of alkyl halides is 2. The number of para-hydroxylation sites is 1. The minimum atomic E-state index is -3.02. The van der Waals surface area contributed by atoms with E-state index in [0.29, 0.717) is 26.1 Å². The van der Waals surface area contributed by atoms with Gasteiger partial charge in [-0.2, -0.15) is 8.78 Å². The van der Waals surface area contributed by atoms with Crippen LogP contribution < -0.4 is 4.74 Å². The largest absolute Gasteiger partial charge is 0.434 e. The predicted molar refractivity (Wildman–Crippen MR) is 110 cm³/mol. The molecule has 7 nitrogen and oxygen atoms in total. The number of halogens is 2. The van der Waals surface area contributed by atoms with Crippen LogP contribution in [0, 0.1) is 5.41 Å². The van der Waals surface area contributed by atoms with Gasteiger partial charge in [-0.1, -0.05) is 32.9 Å². The van der Waals surface area contributed by atoms with Crippen LogP contribution in [-0.4, -0.2) is 77.8 Å². The third-order valence-electron chi connectivity index (χ3n) is 5.65. The van der Waals surface area contributed by atoms with Crippen molar-refractivity contribution in [2.24, 2.45) is 5.41 Å². The van der Waals surface area contributed by atoms with Gasteiger partial charge in [-0.3, -0.25) is 14.4 Å². The van der Waals surface area contributed by atoms with E-state index in [1.807, 2.05) is 20.8 Å². The molecule has 0 radical (unpaired) electrons. The highest BCUT2D eigenvalue weighted by molar-refractivity contribution is 5.97. The molecule has 0 N–H and O–H groups in total. The summed E-state index contributed by atoms with van der Waals surface area (Å²) in [6.07, 6.45) is 1.43. The van der Waals surface area contributed by atoms with Crippen LogP contribution >= 0.6 is 0 Å². The highest BCUT2D eigenvalue weighted by Crippen LogP contribution is 2.27. The number of carbonyl (C=O) groups is 3. The smallest absolute Gasteiger partial charge is 0.387 e. The Hall–Kier alpha value is -2.71. The molecule has 0 bridgehead atoms. The van der Waals surface area contributed by atoms with Gasteiger partial charge < -0.3 is 19.4 Å². The van der Waals surface area contributed by atoms with Crippen molar-refractivity contribution in [2.75, 3.05) is 32.7 Å².